The van der Waals surface area contributed by atoms with Gasteiger partial charge in [0.05, 0.1) is 19.6 Å². The van der Waals surface area contributed by atoms with Gasteiger partial charge in [0.15, 0.2) is 5.78 Å². The van der Waals surface area contributed by atoms with E-state index in [9.17, 15) is 4.79 Å². The standard InChI is InChI=1S/C21H24N2O2/c1-16-3-5-18(6-4-16)21(24)15-17(2)22-19-7-9-20(10-8-19)23-11-13-25-14-12-23/h3-10,22H,2,11-15H2,1H3. The fraction of sp³-hybridized carbons (Fsp3) is 0.286. The van der Waals surface area contributed by atoms with Crippen LogP contribution in [0.5, 0.6) is 0 Å². The summed E-state index contributed by atoms with van der Waals surface area (Å²) in [6.45, 7) is 9.39. The van der Waals surface area contributed by atoms with Gasteiger partial charge in [-0.1, -0.05) is 36.4 Å². The van der Waals surface area contributed by atoms with Gasteiger partial charge in [-0.15, -0.1) is 0 Å². The van der Waals surface area contributed by atoms with Crippen LogP contribution in [-0.4, -0.2) is 32.1 Å². The molecule has 1 fully saturated rings. The third-order valence-corrected chi connectivity index (χ3v) is 4.31. The van der Waals surface area contributed by atoms with Gasteiger partial charge in [-0.25, -0.2) is 0 Å². The highest BCUT2D eigenvalue weighted by molar-refractivity contribution is 5.97. The van der Waals surface area contributed by atoms with Gasteiger partial charge < -0.3 is 15.0 Å². The maximum atomic E-state index is 12.3. The first-order valence-electron chi connectivity index (χ1n) is 8.59. The van der Waals surface area contributed by atoms with E-state index in [0.29, 0.717) is 5.70 Å². The second-order valence-electron chi connectivity index (χ2n) is 6.34. The lowest BCUT2D eigenvalue weighted by Gasteiger charge is -2.29. The molecule has 1 aliphatic heterocycles. The summed E-state index contributed by atoms with van der Waals surface area (Å²) in [6.07, 6.45) is 0.286. The number of carbonyl (C=O) groups excluding carboxylic acids is 1. The second-order valence-corrected chi connectivity index (χ2v) is 6.34. The van der Waals surface area contributed by atoms with E-state index in [2.05, 4.69) is 28.9 Å². The molecule has 1 N–H and O–H groups in total. The van der Waals surface area contributed by atoms with Gasteiger partial charge >= 0.3 is 0 Å². The molecule has 0 spiro atoms. The number of benzene rings is 2. The number of rotatable bonds is 6. The average Bonchev–Trinajstić information content (AvgIpc) is 2.63. The van der Waals surface area contributed by atoms with E-state index in [-0.39, 0.29) is 12.2 Å². The Kier molecular flexibility index (Phi) is 5.51. The third kappa shape index (κ3) is 4.70. The Labute approximate surface area is 149 Å². The van der Waals surface area contributed by atoms with Crippen molar-refractivity contribution in [2.75, 3.05) is 36.5 Å². The Morgan fingerprint density at radius 3 is 2.36 bits per heavy atom. The molecule has 1 saturated heterocycles. The van der Waals surface area contributed by atoms with Gasteiger partial charge in [0.1, 0.15) is 0 Å². The van der Waals surface area contributed by atoms with Crippen molar-refractivity contribution in [1.82, 2.24) is 0 Å². The van der Waals surface area contributed by atoms with Gasteiger partial charge in [0, 0.05) is 35.7 Å². The zero-order chi connectivity index (χ0) is 17.6. The van der Waals surface area contributed by atoms with Crippen molar-refractivity contribution >= 4 is 17.2 Å². The molecule has 0 aromatic heterocycles. The Morgan fingerprint density at radius 2 is 1.72 bits per heavy atom. The largest absolute Gasteiger partial charge is 0.378 e. The van der Waals surface area contributed by atoms with Crippen LogP contribution in [-0.2, 0) is 4.74 Å². The minimum absolute atomic E-state index is 0.0717. The number of carbonyl (C=O) groups is 1. The number of Topliss-reactive ketones (excluding diaryl/α,β-unsaturated/α-hetero) is 1. The summed E-state index contributed by atoms with van der Waals surface area (Å²) in [6, 6.07) is 15.8. The lowest BCUT2D eigenvalue weighted by Crippen LogP contribution is -2.36. The number of aryl methyl sites for hydroxylation is 1. The summed E-state index contributed by atoms with van der Waals surface area (Å²) in [5.41, 5.74) is 4.70. The number of nitrogens with zero attached hydrogens (tertiary/aromatic N) is 1. The van der Waals surface area contributed by atoms with E-state index in [1.54, 1.807) is 0 Å². The SMILES string of the molecule is C=C(CC(=O)c1ccc(C)cc1)Nc1ccc(N2CCOCC2)cc1. The molecule has 130 valence electrons. The molecule has 4 nitrogen and oxygen atoms in total. The molecular weight excluding hydrogens is 312 g/mol. The number of ketones is 1. The van der Waals surface area contributed by atoms with Gasteiger partial charge in [0.2, 0.25) is 0 Å². The normalized spacial score (nSPS) is 14.2. The molecule has 0 radical (unpaired) electrons. The van der Waals surface area contributed by atoms with Crippen LogP contribution >= 0.6 is 0 Å². The number of allylic oxidation sites excluding steroid dienone is 1. The molecule has 0 saturated carbocycles. The van der Waals surface area contributed by atoms with Crippen molar-refractivity contribution < 1.29 is 9.53 Å². The Bertz CT molecular complexity index is 729. The lowest BCUT2D eigenvalue weighted by molar-refractivity contribution is 0.0993. The van der Waals surface area contributed by atoms with Gasteiger partial charge in [-0.05, 0) is 31.2 Å². The Hall–Kier alpha value is -2.59. The maximum Gasteiger partial charge on any atom is 0.168 e. The summed E-state index contributed by atoms with van der Waals surface area (Å²) in [5.74, 6) is 0.0717. The van der Waals surface area contributed by atoms with E-state index in [0.717, 1.165) is 43.1 Å². The minimum Gasteiger partial charge on any atom is -0.378 e. The molecule has 0 amide bonds. The number of nitrogens with one attached hydrogen (secondary N) is 1. The highest BCUT2D eigenvalue weighted by Gasteiger charge is 2.11. The molecule has 1 aliphatic rings. The van der Waals surface area contributed by atoms with Crippen LogP contribution in [0.4, 0.5) is 11.4 Å². The average molecular weight is 336 g/mol. The Morgan fingerprint density at radius 1 is 1.08 bits per heavy atom. The number of morpholine rings is 1. The third-order valence-electron chi connectivity index (χ3n) is 4.31. The number of ether oxygens (including phenoxy) is 1. The first-order chi connectivity index (χ1) is 12.1. The predicted octanol–water partition coefficient (Wildman–Crippen LogP) is 4.03. The van der Waals surface area contributed by atoms with Crippen LogP contribution in [0.2, 0.25) is 0 Å². The molecular formula is C21H24N2O2. The first kappa shape index (κ1) is 17.2. The molecule has 0 bridgehead atoms. The van der Waals surface area contributed by atoms with Crippen molar-refractivity contribution in [3.8, 4) is 0 Å². The molecule has 3 rings (SSSR count). The molecule has 0 atom stereocenters. The molecule has 0 aliphatic carbocycles. The predicted molar refractivity (Wildman–Crippen MR) is 102 cm³/mol. The van der Waals surface area contributed by atoms with Crippen LogP contribution < -0.4 is 10.2 Å². The number of anilines is 2. The highest BCUT2D eigenvalue weighted by Crippen LogP contribution is 2.20. The monoisotopic (exact) mass is 336 g/mol. The molecule has 2 aromatic rings. The van der Waals surface area contributed by atoms with Crippen LogP contribution in [0.3, 0.4) is 0 Å². The van der Waals surface area contributed by atoms with Crippen LogP contribution in [0, 0.1) is 6.92 Å². The summed E-state index contributed by atoms with van der Waals surface area (Å²) >= 11 is 0. The summed E-state index contributed by atoms with van der Waals surface area (Å²) in [4.78, 5) is 14.6. The molecule has 1 heterocycles. The minimum atomic E-state index is 0.0717. The lowest BCUT2D eigenvalue weighted by atomic mass is 10.1. The molecule has 0 unspecified atom stereocenters. The van der Waals surface area contributed by atoms with Crippen molar-refractivity contribution in [1.29, 1.82) is 0 Å². The van der Waals surface area contributed by atoms with E-state index in [4.69, 9.17) is 4.74 Å². The summed E-state index contributed by atoms with van der Waals surface area (Å²) < 4.78 is 5.38. The molecule has 4 heteroatoms. The van der Waals surface area contributed by atoms with Crippen LogP contribution in [0.25, 0.3) is 0 Å². The van der Waals surface area contributed by atoms with E-state index in [1.807, 2.05) is 43.3 Å². The smallest absolute Gasteiger partial charge is 0.168 e. The molecule has 25 heavy (non-hydrogen) atoms. The fourth-order valence-electron chi connectivity index (χ4n) is 2.86. The van der Waals surface area contributed by atoms with Gasteiger partial charge in [-0.2, -0.15) is 0 Å². The first-order valence-corrected chi connectivity index (χ1v) is 8.59. The number of hydrogen-bond acceptors (Lipinski definition) is 4. The summed E-state index contributed by atoms with van der Waals surface area (Å²) in [7, 11) is 0. The van der Waals surface area contributed by atoms with Gasteiger partial charge in [-0.3, -0.25) is 4.79 Å². The zero-order valence-electron chi connectivity index (χ0n) is 14.6. The quantitative estimate of drug-likeness (QED) is 0.809. The van der Waals surface area contributed by atoms with Crippen LogP contribution in [0.1, 0.15) is 22.3 Å². The van der Waals surface area contributed by atoms with Crippen molar-refractivity contribution in [2.45, 2.75) is 13.3 Å². The van der Waals surface area contributed by atoms with Crippen molar-refractivity contribution in [3.05, 3.63) is 71.9 Å². The van der Waals surface area contributed by atoms with E-state index < -0.39 is 0 Å². The second kappa shape index (κ2) is 7.99. The van der Waals surface area contributed by atoms with Crippen LogP contribution in [0.15, 0.2) is 60.8 Å². The highest BCUT2D eigenvalue weighted by atomic mass is 16.5. The Balaban J connectivity index is 1.55. The van der Waals surface area contributed by atoms with E-state index in [1.165, 1.54) is 5.69 Å². The van der Waals surface area contributed by atoms with Crippen molar-refractivity contribution in [2.24, 2.45) is 0 Å². The van der Waals surface area contributed by atoms with E-state index >= 15 is 0 Å². The van der Waals surface area contributed by atoms with Crippen molar-refractivity contribution in [3.63, 3.8) is 0 Å². The fourth-order valence-corrected chi connectivity index (χ4v) is 2.86. The number of hydrogen-bond donors (Lipinski definition) is 1. The summed E-state index contributed by atoms with van der Waals surface area (Å²) in [5, 5.41) is 3.23. The topological polar surface area (TPSA) is 41.6 Å². The molecule has 2 aromatic carbocycles. The zero-order valence-corrected chi connectivity index (χ0v) is 14.6. The maximum absolute atomic E-state index is 12.3. The van der Waals surface area contributed by atoms with Gasteiger partial charge in [0.25, 0.3) is 0 Å².